The van der Waals surface area contributed by atoms with E-state index in [1.165, 1.54) is 17.2 Å². The second kappa shape index (κ2) is 6.85. The van der Waals surface area contributed by atoms with Crippen LogP contribution in [-0.4, -0.2) is 71.6 Å². The van der Waals surface area contributed by atoms with Crippen molar-refractivity contribution in [2.45, 2.75) is 56.4 Å². The number of carbonyl (C=O) groups is 2. The molecule has 4 saturated heterocycles. The van der Waals surface area contributed by atoms with Crippen molar-refractivity contribution < 1.29 is 33.7 Å². The van der Waals surface area contributed by atoms with Gasteiger partial charge in [0.25, 0.3) is 5.91 Å². The molecule has 9 nitrogen and oxygen atoms in total. The van der Waals surface area contributed by atoms with Gasteiger partial charge in [-0.25, -0.2) is 4.90 Å². The number of hydrogen-bond acceptors (Lipinski definition) is 8. The third-order valence-electron chi connectivity index (χ3n) is 5.91. The molecule has 4 heterocycles. The molecule has 0 unspecified atom stereocenters. The first kappa shape index (κ1) is 20.6. The van der Waals surface area contributed by atoms with Crippen LogP contribution in [0.5, 0.6) is 0 Å². The summed E-state index contributed by atoms with van der Waals surface area (Å²) in [6, 6.07) is 3.79. The molecule has 30 heavy (non-hydrogen) atoms. The molecule has 4 aliphatic rings. The van der Waals surface area contributed by atoms with Crippen LogP contribution in [0.4, 0.5) is 5.69 Å². The number of aliphatic hydroxyl groups excluding tert-OH is 1. The lowest BCUT2D eigenvalue weighted by Gasteiger charge is -2.31. The molecule has 4 fully saturated rings. The molecule has 0 radical (unpaired) electrons. The van der Waals surface area contributed by atoms with E-state index in [4.69, 9.17) is 42.3 Å². The second-order valence-electron chi connectivity index (χ2n) is 8.26. The van der Waals surface area contributed by atoms with Gasteiger partial charge in [-0.3, -0.25) is 14.4 Å². The first-order valence-electron chi connectivity index (χ1n) is 9.51. The van der Waals surface area contributed by atoms with E-state index in [0.29, 0.717) is 10.7 Å². The standard InChI is InChI=1S/C19H20Cl2N2O7/c1-19(2)28-15-12(24)14(27-18(15)29-19)11-10-13(30-22(11)3)17(26)23(16(10)25)7-4-5-8(20)9(21)6-7/h4-6,10-15,18,24H,1-3H3/t10-,11-,12-,13+,14+,15+,18+/m0/s1. The molecule has 11 heteroatoms. The summed E-state index contributed by atoms with van der Waals surface area (Å²) in [5, 5.41) is 12.8. The van der Waals surface area contributed by atoms with Crippen molar-refractivity contribution in [1.82, 2.24) is 5.06 Å². The van der Waals surface area contributed by atoms with Gasteiger partial charge in [0.2, 0.25) is 5.91 Å². The Labute approximate surface area is 182 Å². The van der Waals surface area contributed by atoms with Crippen molar-refractivity contribution in [3.63, 3.8) is 0 Å². The van der Waals surface area contributed by atoms with E-state index in [1.807, 2.05) is 0 Å². The highest BCUT2D eigenvalue weighted by molar-refractivity contribution is 6.42. The number of anilines is 1. The Morgan fingerprint density at radius 2 is 1.80 bits per heavy atom. The number of fused-ring (bicyclic) bond motifs is 2. The van der Waals surface area contributed by atoms with E-state index in [0.717, 1.165) is 4.90 Å². The molecule has 0 saturated carbocycles. The predicted molar refractivity (Wildman–Crippen MR) is 104 cm³/mol. The summed E-state index contributed by atoms with van der Waals surface area (Å²) >= 11 is 12.0. The summed E-state index contributed by atoms with van der Waals surface area (Å²) in [5.41, 5.74) is 0.303. The highest BCUT2D eigenvalue weighted by Crippen LogP contribution is 2.45. The van der Waals surface area contributed by atoms with E-state index in [1.54, 1.807) is 27.0 Å². The molecule has 4 aliphatic heterocycles. The molecule has 5 rings (SSSR count). The summed E-state index contributed by atoms with van der Waals surface area (Å²) in [4.78, 5) is 33.0. The number of carbonyl (C=O) groups excluding carboxylic acids is 2. The largest absolute Gasteiger partial charge is 0.387 e. The van der Waals surface area contributed by atoms with E-state index < -0.39 is 60.3 Å². The van der Waals surface area contributed by atoms with Crippen molar-refractivity contribution in [3.05, 3.63) is 28.2 Å². The molecule has 1 aromatic rings. The highest BCUT2D eigenvalue weighted by Gasteiger charge is 2.65. The van der Waals surface area contributed by atoms with Crippen LogP contribution >= 0.6 is 23.2 Å². The van der Waals surface area contributed by atoms with Gasteiger partial charge in [0.05, 0.1) is 27.7 Å². The lowest BCUT2D eigenvalue weighted by molar-refractivity contribution is -0.232. The summed E-state index contributed by atoms with van der Waals surface area (Å²) in [7, 11) is 1.60. The minimum absolute atomic E-state index is 0.223. The Hall–Kier alpha value is -1.30. The molecule has 162 valence electrons. The van der Waals surface area contributed by atoms with Crippen molar-refractivity contribution in [2.75, 3.05) is 11.9 Å². The van der Waals surface area contributed by atoms with Gasteiger partial charge in [0, 0.05) is 7.05 Å². The topological polar surface area (TPSA) is 97.8 Å². The summed E-state index contributed by atoms with van der Waals surface area (Å²) in [5.74, 6) is -2.73. The number of amides is 2. The van der Waals surface area contributed by atoms with Crippen LogP contribution in [0.15, 0.2) is 18.2 Å². The quantitative estimate of drug-likeness (QED) is 0.662. The molecule has 0 aliphatic carbocycles. The molecule has 2 amide bonds. The number of hydroxylamine groups is 2. The number of ether oxygens (including phenoxy) is 3. The smallest absolute Gasteiger partial charge is 0.265 e. The maximum Gasteiger partial charge on any atom is 0.265 e. The lowest BCUT2D eigenvalue weighted by atomic mass is 9.89. The van der Waals surface area contributed by atoms with Gasteiger partial charge < -0.3 is 19.3 Å². The number of halogens is 2. The fraction of sp³-hybridized carbons (Fsp3) is 0.579. The summed E-state index contributed by atoms with van der Waals surface area (Å²) < 4.78 is 17.3. The Morgan fingerprint density at radius 1 is 1.07 bits per heavy atom. The fourth-order valence-electron chi connectivity index (χ4n) is 4.67. The molecule has 1 N–H and O–H groups in total. The fourth-order valence-corrected chi connectivity index (χ4v) is 4.96. The number of aliphatic hydroxyl groups is 1. The highest BCUT2D eigenvalue weighted by atomic mass is 35.5. The van der Waals surface area contributed by atoms with Crippen molar-refractivity contribution in [1.29, 1.82) is 0 Å². The van der Waals surface area contributed by atoms with Crippen molar-refractivity contribution >= 4 is 40.7 Å². The van der Waals surface area contributed by atoms with Crippen molar-refractivity contribution in [3.8, 4) is 0 Å². The number of benzene rings is 1. The van der Waals surface area contributed by atoms with E-state index in [-0.39, 0.29) is 5.02 Å². The zero-order valence-electron chi connectivity index (χ0n) is 16.3. The third kappa shape index (κ3) is 2.92. The molecule has 1 aromatic carbocycles. The van der Waals surface area contributed by atoms with Crippen molar-refractivity contribution in [2.24, 2.45) is 5.92 Å². The van der Waals surface area contributed by atoms with Crippen LogP contribution < -0.4 is 4.90 Å². The first-order valence-corrected chi connectivity index (χ1v) is 10.3. The van der Waals surface area contributed by atoms with Crippen LogP contribution in [0, 0.1) is 5.92 Å². The Kier molecular flexibility index (Phi) is 4.70. The molecule has 0 aromatic heterocycles. The minimum atomic E-state index is -1.06. The molecular formula is C19H20Cl2N2O7. The predicted octanol–water partition coefficient (Wildman–Crippen LogP) is 1.33. The number of imide groups is 1. The van der Waals surface area contributed by atoms with Gasteiger partial charge in [-0.1, -0.05) is 23.2 Å². The van der Waals surface area contributed by atoms with Crippen LogP contribution in [-0.2, 0) is 28.6 Å². The van der Waals surface area contributed by atoms with E-state index in [2.05, 4.69) is 0 Å². The second-order valence-corrected chi connectivity index (χ2v) is 9.07. The number of rotatable bonds is 2. The average Bonchev–Trinajstić information content (AvgIpc) is 3.32. The van der Waals surface area contributed by atoms with Gasteiger partial charge in [0.15, 0.2) is 18.2 Å². The maximum absolute atomic E-state index is 13.3. The SMILES string of the molecule is CN1O[C@H]2C(=O)N(c3ccc(Cl)c(Cl)c3)C(=O)[C@H]2[C@H]1[C@H]1O[C@@H]2OC(C)(C)O[C@@H]2[C@H]1O. The average molecular weight is 459 g/mol. The summed E-state index contributed by atoms with van der Waals surface area (Å²) in [6.45, 7) is 3.46. The summed E-state index contributed by atoms with van der Waals surface area (Å²) in [6.07, 6.45) is -4.41. The lowest BCUT2D eigenvalue weighted by Crippen LogP contribution is -2.50. The third-order valence-corrected chi connectivity index (χ3v) is 6.65. The van der Waals surface area contributed by atoms with Gasteiger partial charge in [0.1, 0.15) is 18.3 Å². The van der Waals surface area contributed by atoms with Crippen LogP contribution in [0.25, 0.3) is 0 Å². The maximum atomic E-state index is 13.3. The minimum Gasteiger partial charge on any atom is -0.387 e. The monoisotopic (exact) mass is 458 g/mol. The zero-order chi connectivity index (χ0) is 21.5. The van der Waals surface area contributed by atoms with Gasteiger partial charge >= 0.3 is 0 Å². The van der Waals surface area contributed by atoms with Crippen LogP contribution in [0.2, 0.25) is 10.0 Å². The van der Waals surface area contributed by atoms with E-state index >= 15 is 0 Å². The normalized spacial score (nSPS) is 40.3. The molecule has 0 spiro atoms. The van der Waals surface area contributed by atoms with Crippen LogP contribution in [0.1, 0.15) is 13.8 Å². The zero-order valence-corrected chi connectivity index (χ0v) is 17.8. The van der Waals surface area contributed by atoms with Gasteiger partial charge in [-0.05, 0) is 32.0 Å². The Bertz CT molecular complexity index is 928. The van der Waals surface area contributed by atoms with Gasteiger partial charge in [-0.15, -0.1) is 0 Å². The Balaban J connectivity index is 1.43. The molecular weight excluding hydrogens is 439 g/mol. The molecule has 7 atom stereocenters. The van der Waals surface area contributed by atoms with Crippen LogP contribution in [0.3, 0.4) is 0 Å². The number of likely N-dealkylation sites (N-methyl/N-ethyl adjacent to an activating group) is 1. The first-order chi connectivity index (χ1) is 14.1. The number of nitrogens with zero attached hydrogens (tertiary/aromatic N) is 2. The van der Waals surface area contributed by atoms with E-state index in [9.17, 15) is 14.7 Å². The van der Waals surface area contributed by atoms with Gasteiger partial charge in [-0.2, -0.15) is 5.06 Å². The Morgan fingerprint density at radius 3 is 2.47 bits per heavy atom. The number of hydrogen-bond donors (Lipinski definition) is 1. The molecule has 0 bridgehead atoms.